The zero-order chi connectivity index (χ0) is 21.7. The normalized spacial score (nSPS) is 11.4. The quantitative estimate of drug-likeness (QED) is 0.211. The zero-order valence-corrected chi connectivity index (χ0v) is 22.3. The summed E-state index contributed by atoms with van der Waals surface area (Å²) in [5, 5.41) is 13.4. The van der Waals surface area contributed by atoms with E-state index in [4.69, 9.17) is 0 Å². The van der Waals surface area contributed by atoms with Gasteiger partial charge in [0.25, 0.3) is 0 Å². The molecule has 6 heteroatoms. The number of hydrogen-bond acceptors (Lipinski definition) is 6. The van der Waals surface area contributed by atoms with Crippen molar-refractivity contribution in [2.24, 2.45) is 0 Å². The topological polar surface area (TPSA) is 0 Å². The van der Waals surface area contributed by atoms with E-state index in [2.05, 4.69) is 82.5 Å². The van der Waals surface area contributed by atoms with Gasteiger partial charge >= 0.3 is 0 Å². The van der Waals surface area contributed by atoms with Crippen molar-refractivity contribution < 1.29 is 0 Å². The van der Waals surface area contributed by atoms with Crippen LogP contribution in [0.5, 0.6) is 0 Å². The van der Waals surface area contributed by atoms with Gasteiger partial charge in [0.1, 0.15) is 0 Å². The lowest BCUT2D eigenvalue weighted by Crippen LogP contribution is -1.81. The molecule has 0 saturated carbocycles. The van der Waals surface area contributed by atoms with Crippen LogP contribution in [0, 0.1) is 13.8 Å². The fraction of sp³-hybridized carbons (Fsp3) is 0.0769. The molecular weight excluding hydrogens is 505 g/mol. The molecule has 0 bridgehead atoms. The van der Waals surface area contributed by atoms with E-state index in [0.29, 0.717) is 0 Å². The van der Waals surface area contributed by atoms with Gasteiger partial charge in [0.05, 0.1) is 4.88 Å². The third-order valence-electron chi connectivity index (χ3n) is 5.67. The molecule has 0 amide bonds. The Morgan fingerprint density at radius 1 is 0.469 bits per heavy atom. The van der Waals surface area contributed by atoms with Gasteiger partial charge in [0, 0.05) is 46.6 Å². The van der Waals surface area contributed by atoms with Crippen LogP contribution in [0.2, 0.25) is 0 Å². The Kier molecular flexibility index (Phi) is 5.53. The standard InChI is InChI=1S/C26H18S6/c1-15-14-32-22(16(15)2)26-20(8-13-31-26)25-19(7-12-30-25)24-18(6-11-29-24)23-17(5-10-28-23)21-4-3-9-27-21/h3-14H,1-2H3. The summed E-state index contributed by atoms with van der Waals surface area (Å²) < 4.78 is 0. The minimum atomic E-state index is 1.34. The Morgan fingerprint density at radius 2 is 1.00 bits per heavy atom. The van der Waals surface area contributed by atoms with E-state index in [9.17, 15) is 0 Å². The molecule has 0 saturated heterocycles. The maximum Gasteiger partial charge on any atom is 0.0532 e. The molecule has 6 rings (SSSR count). The van der Waals surface area contributed by atoms with E-state index >= 15 is 0 Å². The Morgan fingerprint density at radius 3 is 1.53 bits per heavy atom. The first kappa shape index (κ1) is 20.8. The first-order valence-electron chi connectivity index (χ1n) is 10.1. The molecule has 0 N–H and O–H groups in total. The highest BCUT2D eigenvalue weighted by Crippen LogP contribution is 2.51. The summed E-state index contributed by atoms with van der Waals surface area (Å²) in [7, 11) is 0. The van der Waals surface area contributed by atoms with Crippen molar-refractivity contribution in [1.82, 2.24) is 0 Å². The van der Waals surface area contributed by atoms with E-state index in [0.717, 1.165) is 0 Å². The maximum atomic E-state index is 2.31. The van der Waals surface area contributed by atoms with Gasteiger partial charge in [-0.05, 0) is 87.6 Å². The van der Waals surface area contributed by atoms with E-state index < -0.39 is 0 Å². The summed E-state index contributed by atoms with van der Waals surface area (Å²) in [6, 6.07) is 13.5. The van der Waals surface area contributed by atoms with Crippen LogP contribution in [0.25, 0.3) is 51.5 Å². The Balaban J connectivity index is 1.48. The molecule has 0 aromatic carbocycles. The molecule has 6 aromatic rings. The number of rotatable bonds is 5. The molecular formula is C26H18S6. The molecule has 32 heavy (non-hydrogen) atoms. The SMILES string of the molecule is Cc1csc(-c2sccc2-c2sccc2-c2sccc2-c2sccc2-c2cccs2)c1C. The highest BCUT2D eigenvalue weighted by molar-refractivity contribution is 7.22. The second kappa shape index (κ2) is 8.52. The van der Waals surface area contributed by atoms with Crippen LogP contribution >= 0.6 is 68.0 Å². The number of aryl methyl sites for hydroxylation is 1. The van der Waals surface area contributed by atoms with Gasteiger partial charge in [-0.3, -0.25) is 0 Å². The van der Waals surface area contributed by atoms with E-state index in [1.165, 1.54) is 62.6 Å². The molecule has 0 atom stereocenters. The van der Waals surface area contributed by atoms with Gasteiger partial charge < -0.3 is 0 Å². The monoisotopic (exact) mass is 522 g/mol. The predicted octanol–water partition coefficient (Wildman–Crippen LogP) is 11.0. The lowest BCUT2D eigenvalue weighted by molar-refractivity contribution is 1.41. The molecule has 0 aliphatic rings. The third-order valence-corrected chi connectivity index (χ3v) is 11.7. The Labute approximate surface area is 211 Å². The summed E-state index contributed by atoms with van der Waals surface area (Å²) in [6.45, 7) is 4.46. The fourth-order valence-electron chi connectivity index (χ4n) is 3.93. The zero-order valence-electron chi connectivity index (χ0n) is 17.4. The summed E-state index contributed by atoms with van der Waals surface area (Å²) in [4.78, 5) is 8.28. The molecule has 158 valence electrons. The molecule has 0 aliphatic carbocycles. The van der Waals surface area contributed by atoms with Crippen molar-refractivity contribution >= 4 is 68.0 Å². The van der Waals surface area contributed by atoms with Crippen LogP contribution in [-0.2, 0) is 0 Å². The van der Waals surface area contributed by atoms with E-state index in [1.54, 1.807) is 0 Å². The second-order valence-corrected chi connectivity index (χ2v) is 13.0. The van der Waals surface area contributed by atoms with E-state index in [1.807, 2.05) is 68.0 Å². The molecule has 6 aromatic heterocycles. The van der Waals surface area contributed by atoms with Crippen molar-refractivity contribution in [1.29, 1.82) is 0 Å². The van der Waals surface area contributed by atoms with Crippen LogP contribution in [0.3, 0.4) is 0 Å². The third kappa shape index (κ3) is 3.41. The highest BCUT2D eigenvalue weighted by Gasteiger charge is 2.22. The molecule has 0 radical (unpaired) electrons. The molecule has 0 nitrogen and oxygen atoms in total. The molecule has 0 fully saturated rings. The van der Waals surface area contributed by atoms with Gasteiger partial charge in [-0.15, -0.1) is 68.0 Å². The van der Waals surface area contributed by atoms with Crippen LogP contribution in [0.1, 0.15) is 11.1 Å². The minimum absolute atomic E-state index is 1.34. The lowest BCUT2D eigenvalue weighted by Gasteiger charge is -2.08. The Hall–Kier alpha value is -1.80. The van der Waals surface area contributed by atoms with Crippen LogP contribution in [-0.4, -0.2) is 0 Å². The second-order valence-electron chi connectivity index (χ2n) is 7.50. The molecule has 6 heterocycles. The summed E-state index contributed by atoms with van der Waals surface area (Å²) in [5.74, 6) is 0. The smallest absolute Gasteiger partial charge is 0.0532 e. The van der Waals surface area contributed by atoms with Gasteiger partial charge in [-0.25, -0.2) is 0 Å². The minimum Gasteiger partial charge on any atom is -0.144 e. The van der Waals surface area contributed by atoms with Gasteiger partial charge in [-0.2, -0.15) is 0 Å². The van der Waals surface area contributed by atoms with E-state index in [-0.39, 0.29) is 0 Å². The first-order chi connectivity index (χ1) is 15.7. The molecule has 0 aliphatic heterocycles. The average Bonchev–Trinajstić information content (AvgIpc) is 3.62. The largest absolute Gasteiger partial charge is 0.144 e. The van der Waals surface area contributed by atoms with Crippen LogP contribution < -0.4 is 0 Å². The summed E-state index contributed by atoms with van der Waals surface area (Å²) in [6.07, 6.45) is 0. The molecule has 0 spiro atoms. The number of thiophene rings is 6. The van der Waals surface area contributed by atoms with Gasteiger partial charge in [0.2, 0.25) is 0 Å². The fourth-order valence-corrected chi connectivity index (χ4v) is 9.97. The summed E-state index contributed by atoms with van der Waals surface area (Å²) in [5.41, 5.74) is 8.23. The molecule has 0 unspecified atom stereocenters. The van der Waals surface area contributed by atoms with Crippen molar-refractivity contribution in [3.63, 3.8) is 0 Å². The Bertz CT molecular complexity index is 1490. The maximum absolute atomic E-state index is 2.31. The first-order valence-corrected chi connectivity index (χ1v) is 15.4. The van der Waals surface area contributed by atoms with Crippen LogP contribution in [0.15, 0.2) is 68.7 Å². The summed E-state index contributed by atoms with van der Waals surface area (Å²) >= 11 is 11.1. The van der Waals surface area contributed by atoms with Crippen molar-refractivity contribution in [3.8, 4) is 51.5 Å². The van der Waals surface area contributed by atoms with Crippen LogP contribution in [0.4, 0.5) is 0 Å². The average molecular weight is 523 g/mol. The van der Waals surface area contributed by atoms with Gasteiger partial charge in [0.15, 0.2) is 0 Å². The lowest BCUT2D eigenvalue weighted by atomic mass is 10.0. The predicted molar refractivity (Wildman–Crippen MR) is 150 cm³/mol. The number of hydrogen-bond donors (Lipinski definition) is 0. The van der Waals surface area contributed by atoms with Crippen molar-refractivity contribution in [2.45, 2.75) is 13.8 Å². The van der Waals surface area contributed by atoms with Crippen molar-refractivity contribution in [2.75, 3.05) is 0 Å². The van der Waals surface area contributed by atoms with Gasteiger partial charge in [-0.1, -0.05) is 6.07 Å². The van der Waals surface area contributed by atoms with Crippen molar-refractivity contribution in [3.05, 3.63) is 79.8 Å². The highest BCUT2D eigenvalue weighted by atomic mass is 32.1.